The van der Waals surface area contributed by atoms with Gasteiger partial charge in [0.25, 0.3) is 0 Å². The molecular weight excluding hydrogens is 245 g/mol. The number of hydrogen-bond acceptors (Lipinski definition) is 2. The molecule has 1 aromatic carbocycles. The SMILES string of the molecule is Cc1ccccc1Cn1cc(N)cn1.Cl.Cl. The van der Waals surface area contributed by atoms with Gasteiger partial charge in [0.2, 0.25) is 0 Å². The van der Waals surface area contributed by atoms with E-state index >= 15 is 0 Å². The molecular formula is C11H15Cl2N3. The number of nitrogens with zero attached hydrogens (tertiary/aromatic N) is 2. The number of rotatable bonds is 2. The van der Waals surface area contributed by atoms with E-state index in [0.29, 0.717) is 5.69 Å². The molecule has 2 N–H and O–H groups in total. The van der Waals surface area contributed by atoms with E-state index in [1.165, 1.54) is 11.1 Å². The van der Waals surface area contributed by atoms with Gasteiger partial charge in [-0.3, -0.25) is 4.68 Å². The van der Waals surface area contributed by atoms with Crippen molar-refractivity contribution in [3.05, 3.63) is 47.8 Å². The molecule has 0 saturated heterocycles. The average Bonchev–Trinajstić information content (AvgIpc) is 2.56. The van der Waals surface area contributed by atoms with E-state index in [-0.39, 0.29) is 24.8 Å². The van der Waals surface area contributed by atoms with Crippen molar-refractivity contribution in [3.63, 3.8) is 0 Å². The third-order valence-corrected chi connectivity index (χ3v) is 2.25. The first-order valence-electron chi connectivity index (χ1n) is 4.58. The summed E-state index contributed by atoms with van der Waals surface area (Å²) in [5.41, 5.74) is 8.85. The largest absolute Gasteiger partial charge is 0.396 e. The van der Waals surface area contributed by atoms with Crippen molar-refractivity contribution in [2.75, 3.05) is 5.73 Å². The Balaban J connectivity index is 0.00000112. The van der Waals surface area contributed by atoms with Gasteiger partial charge in [0.15, 0.2) is 0 Å². The number of benzene rings is 1. The Bertz CT molecular complexity index is 440. The van der Waals surface area contributed by atoms with E-state index in [4.69, 9.17) is 5.73 Å². The number of nitrogens with two attached hydrogens (primary N) is 1. The van der Waals surface area contributed by atoms with Gasteiger partial charge >= 0.3 is 0 Å². The van der Waals surface area contributed by atoms with Gasteiger partial charge in [0.1, 0.15) is 0 Å². The molecule has 5 heteroatoms. The minimum Gasteiger partial charge on any atom is -0.396 e. The fourth-order valence-electron chi connectivity index (χ4n) is 1.43. The van der Waals surface area contributed by atoms with Crippen LogP contribution in [-0.4, -0.2) is 9.78 Å². The molecule has 1 heterocycles. The fourth-order valence-corrected chi connectivity index (χ4v) is 1.43. The first-order chi connectivity index (χ1) is 6.75. The first-order valence-corrected chi connectivity index (χ1v) is 4.58. The van der Waals surface area contributed by atoms with Gasteiger partial charge in [-0.25, -0.2) is 0 Å². The summed E-state index contributed by atoms with van der Waals surface area (Å²) in [7, 11) is 0. The Morgan fingerprint density at radius 3 is 2.50 bits per heavy atom. The Hall–Kier alpha value is -1.19. The number of hydrogen-bond donors (Lipinski definition) is 1. The molecule has 2 aromatic rings. The smallest absolute Gasteiger partial charge is 0.0719 e. The molecule has 0 aliphatic heterocycles. The van der Waals surface area contributed by atoms with E-state index in [1.807, 2.05) is 23.0 Å². The third-order valence-electron chi connectivity index (χ3n) is 2.25. The summed E-state index contributed by atoms with van der Waals surface area (Å²) in [5.74, 6) is 0. The maximum atomic E-state index is 5.59. The lowest BCUT2D eigenvalue weighted by atomic mass is 10.1. The minimum atomic E-state index is 0. The lowest BCUT2D eigenvalue weighted by Gasteiger charge is -2.04. The van der Waals surface area contributed by atoms with Crippen LogP contribution in [0.5, 0.6) is 0 Å². The predicted octanol–water partition coefficient (Wildman–Crippen LogP) is 2.67. The molecule has 0 fully saturated rings. The highest BCUT2D eigenvalue weighted by atomic mass is 35.5. The molecule has 16 heavy (non-hydrogen) atoms. The van der Waals surface area contributed by atoms with Crippen LogP contribution in [0.25, 0.3) is 0 Å². The third kappa shape index (κ3) is 3.43. The molecule has 0 saturated carbocycles. The molecule has 0 unspecified atom stereocenters. The molecule has 1 aromatic heterocycles. The van der Waals surface area contributed by atoms with Crippen molar-refractivity contribution >= 4 is 30.5 Å². The zero-order valence-electron chi connectivity index (χ0n) is 8.96. The quantitative estimate of drug-likeness (QED) is 0.902. The molecule has 0 aliphatic rings. The second-order valence-corrected chi connectivity index (χ2v) is 3.40. The van der Waals surface area contributed by atoms with Crippen molar-refractivity contribution < 1.29 is 0 Å². The van der Waals surface area contributed by atoms with Crippen LogP contribution < -0.4 is 5.73 Å². The maximum absolute atomic E-state index is 5.59. The normalized spacial score (nSPS) is 9.06. The molecule has 0 aliphatic carbocycles. The second-order valence-electron chi connectivity index (χ2n) is 3.40. The molecule has 0 spiro atoms. The van der Waals surface area contributed by atoms with Crippen LogP contribution >= 0.6 is 24.8 Å². The fraction of sp³-hybridized carbons (Fsp3) is 0.182. The maximum Gasteiger partial charge on any atom is 0.0719 e. The van der Waals surface area contributed by atoms with E-state index in [9.17, 15) is 0 Å². The van der Waals surface area contributed by atoms with Crippen molar-refractivity contribution in [3.8, 4) is 0 Å². The van der Waals surface area contributed by atoms with Gasteiger partial charge in [-0.15, -0.1) is 24.8 Å². The molecule has 0 radical (unpaired) electrons. The summed E-state index contributed by atoms with van der Waals surface area (Å²) >= 11 is 0. The van der Waals surface area contributed by atoms with Crippen LogP contribution in [-0.2, 0) is 6.54 Å². The van der Waals surface area contributed by atoms with Crippen LogP contribution in [0.4, 0.5) is 5.69 Å². The van der Waals surface area contributed by atoms with E-state index in [2.05, 4.69) is 24.2 Å². The van der Waals surface area contributed by atoms with Crippen molar-refractivity contribution in [1.29, 1.82) is 0 Å². The zero-order valence-corrected chi connectivity index (χ0v) is 10.6. The number of aryl methyl sites for hydroxylation is 1. The molecule has 0 amide bonds. The van der Waals surface area contributed by atoms with Crippen LogP contribution in [0.1, 0.15) is 11.1 Å². The second kappa shape index (κ2) is 6.40. The number of anilines is 1. The van der Waals surface area contributed by atoms with Crippen LogP contribution in [0.15, 0.2) is 36.7 Å². The highest BCUT2D eigenvalue weighted by molar-refractivity contribution is 5.85. The topological polar surface area (TPSA) is 43.8 Å². The Morgan fingerprint density at radius 1 is 1.25 bits per heavy atom. The van der Waals surface area contributed by atoms with Gasteiger partial charge in [-0.1, -0.05) is 24.3 Å². The van der Waals surface area contributed by atoms with Crippen molar-refractivity contribution in [2.24, 2.45) is 0 Å². The van der Waals surface area contributed by atoms with Gasteiger partial charge in [-0.05, 0) is 18.1 Å². The van der Waals surface area contributed by atoms with E-state index in [1.54, 1.807) is 6.20 Å². The molecule has 2 rings (SSSR count). The monoisotopic (exact) mass is 259 g/mol. The Kier molecular flexibility index (Phi) is 5.93. The van der Waals surface area contributed by atoms with Gasteiger partial charge in [0.05, 0.1) is 18.4 Å². The van der Waals surface area contributed by atoms with Crippen LogP contribution in [0, 0.1) is 6.92 Å². The average molecular weight is 260 g/mol. The van der Waals surface area contributed by atoms with E-state index < -0.39 is 0 Å². The van der Waals surface area contributed by atoms with Gasteiger partial charge in [-0.2, -0.15) is 5.10 Å². The number of halogens is 2. The zero-order chi connectivity index (χ0) is 9.97. The summed E-state index contributed by atoms with van der Waals surface area (Å²) in [5, 5.41) is 4.14. The molecule has 0 bridgehead atoms. The van der Waals surface area contributed by atoms with Crippen LogP contribution in [0.2, 0.25) is 0 Å². The number of nitrogen functional groups attached to an aromatic ring is 1. The molecule has 0 atom stereocenters. The molecule has 3 nitrogen and oxygen atoms in total. The van der Waals surface area contributed by atoms with Crippen molar-refractivity contribution in [2.45, 2.75) is 13.5 Å². The minimum absolute atomic E-state index is 0. The standard InChI is InChI=1S/C11H13N3.2ClH/c1-9-4-2-3-5-10(9)7-14-8-11(12)6-13-14;;/h2-6,8H,7,12H2,1H3;2*1H. The van der Waals surface area contributed by atoms with Gasteiger partial charge in [0, 0.05) is 6.20 Å². The van der Waals surface area contributed by atoms with Gasteiger partial charge < -0.3 is 5.73 Å². The lowest BCUT2D eigenvalue weighted by Crippen LogP contribution is -2.01. The Morgan fingerprint density at radius 2 is 1.94 bits per heavy atom. The highest BCUT2D eigenvalue weighted by Gasteiger charge is 1.99. The van der Waals surface area contributed by atoms with Crippen LogP contribution in [0.3, 0.4) is 0 Å². The lowest BCUT2D eigenvalue weighted by molar-refractivity contribution is 0.684. The Labute approximate surface area is 107 Å². The summed E-state index contributed by atoms with van der Waals surface area (Å²) < 4.78 is 1.84. The first kappa shape index (κ1) is 14.8. The predicted molar refractivity (Wildman–Crippen MR) is 71.4 cm³/mol. The summed E-state index contributed by atoms with van der Waals surface area (Å²) in [6.45, 7) is 2.88. The van der Waals surface area contributed by atoms with Crippen molar-refractivity contribution in [1.82, 2.24) is 9.78 Å². The van der Waals surface area contributed by atoms with E-state index in [0.717, 1.165) is 6.54 Å². The summed E-state index contributed by atoms with van der Waals surface area (Å²) in [4.78, 5) is 0. The summed E-state index contributed by atoms with van der Waals surface area (Å²) in [6.07, 6.45) is 3.50. The molecule has 88 valence electrons. The number of aromatic nitrogens is 2. The summed E-state index contributed by atoms with van der Waals surface area (Å²) in [6, 6.07) is 8.28. The highest BCUT2D eigenvalue weighted by Crippen LogP contribution is 2.09.